The number of hydrogen-bond donors (Lipinski definition) is 3. The van der Waals surface area contributed by atoms with Gasteiger partial charge in [-0.1, -0.05) is 44.2 Å². The van der Waals surface area contributed by atoms with Crippen molar-refractivity contribution in [1.82, 2.24) is 10.6 Å². The van der Waals surface area contributed by atoms with Crippen molar-refractivity contribution >= 4 is 17.6 Å². The van der Waals surface area contributed by atoms with Crippen molar-refractivity contribution in [1.29, 1.82) is 0 Å². The molecule has 2 fully saturated rings. The molecule has 26 heavy (non-hydrogen) atoms. The van der Waals surface area contributed by atoms with E-state index in [9.17, 15) is 9.59 Å². The first-order valence-corrected chi connectivity index (χ1v) is 10.1. The minimum atomic E-state index is -0.0887. The van der Waals surface area contributed by atoms with E-state index in [4.69, 9.17) is 0 Å². The molecule has 1 atom stereocenters. The molecule has 0 saturated heterocycles. The highest BCUT2D eigenvalue weighted by molar-refractivity contribution is 5.94. The molecule has 0 unspecified atom stereocenters. The lowest BCUT2D eigenvalue weighted by molar-refractivity contribution is -0.117. The van der Waals surface area contributed by atoms with Crippen molar-refractivity contribution in [2.24, 2.45) is 5.92 Å². The van der Waals surface area contributed by atoms with Gasteiger partial charge in [-0.25, -0.2) is 4.79 Å². The standard InChI is InChI=1S/C21H31N3O2/c1-15(22-21(26)24-18-7-5-3-2-4-6-8-18)16-11-13-19(14-12-16)23-20(25)17-9-10-17/h11-15,17-18H,2-10H2,1H3,(H,23,25)(H2,22,24,26)/t15-/m1/s1. The fraction of sp³-hybridized carbons (Fsp3) is 0.619. The van der Waals surface area contributed by atoms with Gasteiger partial charge in [0, 0.05) is 17.6 Å². The van der Waals surface area contributed by atoms with Crippen molar-refractivity contribution in [3.8, 4) is 0 Å². The van der Waals surface area contributed by atoms with E-state index in [0.29, 0.717) is 6.04 Å². The van der Waals surface area contributed by atoms with Crippen LogP contribution in [0.3, 0.4) is 0 Å². The van der Waals surface area contributed by atoms with E-state index in [1.165, 1.54) is 32.1 Å². The Kier molecular flexibility index (Phi) is 6.53. The van der Waals surface area contributed by atoms with Gasteiger partial charge in [-0.2, -0.15) is 0 Å². The fourth-order valence-corrected chi connectivity index (χ4v) is 3.55. The lowest BCUT2D eigenvalue weighted by atomic mass is 9.97. The van der Waals surface area contributed by atoms with Crippen molar-refractivity contribution < 1.29 is 9.59 Å². The third-order valence-corrected chi connectivity index (χ3v) is 5.41. The average Bonchev–Trinajstić information content (AvgIpc) is 3.43. The number of urea groups is 1. The van der Waals surface area contributed by atoms with Gasteiger partial charge in [-0.15, -0.1) is 0 Å². The summed E-state index contributed by atoms with van der Waals surface area (Å²) in [6.45, 7) is 1.98. The van der Waals surface area contributed by atoms with Crippen LogP contribution in [0.2, 0.25) is 0 Å². The summed E-state index contributed by atoms with van der Waals surface area (Å²) in [5, 5.41) is 9.11. The van der Waals surface area contributed by atoms with E-state index in [-0.39, 0.29) is 23.9 Å². The Bertz CT molecular complexity index is 602. The largest absolute Gasteiger partial charge is 0.335 e. The highest BCUT2D eigenvalue weighted by Gasteiger charge is 2.29. The normalized spacial score (nSPS) is 19.7. The summed E-state index contributed by atoms with van der Waals surface area (Å²) in [4.78, 5) is 24.1. The third-order valence-electron chi connectivity index (χ3n) is 5.41. The molecule has 0 spiro atoms. The molecular weight excluding hydrogens is 326 g/mol. The Labute approximate surface area is 156 Å². The van der Waals surface area contributed by atoms with Crippen LogP contribution in [0.5, 0.6) is 0 Å². The zero-order valence-electron chi connectivity index (χ0n) is 15.7. The van der Waals surface area contributed by atoms with E-state index < -0.39 is 0 Å². The maximum absolute atomic E-state index is 12.3. The van der Waals surface area contributed by atoms with E-state index >= 15 is 0 Å². The minimum absolute atomic E-state index is 0.0725. The molecule has 2 aliphatic rings. The number of amides is 3. The van der Waals surface area contributed by atoms with Gasteiger partial charge in [-0.3, -0.25) is 4.79 Å². The Morgan fingerprint density at radius 3 is 2.15 bits per heavy atom. The number of carbonyl (C=O) groups is 2. The predicted octanol–water partition coefficient (Wildman–Crippen LogP) is 4.51. The number of anilines is 1. The van der Waals surface area contributed by atoms with Crippen LogP contribution in [0.4, 0.5) is 10.5 Å². The van der Waals surface area contributed by atoms with Gasteiger partial charge in [0.2, 0.25) is 5.91 Å². The first kappa shape index (κ1) is 18.7. The van der Waals surface area contributed by atoms with Gasteiger partial charge in [-0.05, 0) is 50.3 Å². The van der Waals surface area contributed by atoms with E-state index in [0.717, 1.165) is 36.9 Å². The smallest absolute Gasteiger partial charge is 0.315 e. The zero-order chi connectivity index (χ0) is 18.4. The second kappa shape index (κ2) is 9.06. The summed E-state index contributed by atoms with van der Waals surface area (Å²) in [5.41, 5.74) is 1.85. The molecule has 0 aromatic heterocycles. The summed E-state index contributed by atoms with van der Waals surface area (Å²) in [7, 11) is 0. The Balaban J connectivity index is 1.46. The number of rotatable bonds is 5. The SMILES string of the molecule is C[C@@H](NC(=O)NC1CCCCCCC1)c1ccc(NC(=O)C2CC2)cc1. The Hall–Kier alpha value is -2.04. The summed E-state index contributed by atoms with van der Waals surface area (Å²) in [5.74, 6) is 0.315. The third kappa shape index (κ3) is 5.75. The fourth-order valence-electron chi connectivity index (χ4n) is 3.55. The molecule has 2 saturated carbocycles. The summed E-state index contributed by atoms with van der Waals surface area (Å²) < 4.78 is 0. The number of carbonyl (C=O) groups excluding carboxylic acids is 2. The van der Waals surface area contributed by atoms with Crippen LogP contribution < -0.4 is 16.0 Å². The maximum atomic E-state index is 12.3. The van der Waals surface area contributed by atoms with Gasteiger partial charge in [0.05, 0.1) is 6.04 Å². The van der Waals surface area contributed by atoms with Crippen LogP contribution >= 0.6 is 0 Å². The predicted molar refractivity (Wildman–Crippen MR) is 104 cm³/mol. The lowest BCUT2D eigenvalue weighted by Crippen LogP contribution is -2.43. The zero-order valence-corrected chi connectivity index (χ0v) is 15.7. The van der Waals surface area contributed by atoms with Crippen molar-refractivity contribution in [3.63, 3.8) is 0 Å². The van der Waals surface area contributed by atoms with E-state index in [2.05, 4.69) is 16.0 Å². The average molecular weight is 357 g/mol. The first-order chi connectivity index (χ1) is 12.6. The highest BCUT2D eigenvalue weighted by atomic mass is 16.2. The molecule has 2 aliphatic carbocycles. The number of nitrogens with one attached hydrogen (secondary N) is 3. The molecule has 3 N–H and O–H groups in total. The number of benzene rings is 1. The van der Waals surface area contributed by atoms with Crippen LogP contribution in [-0.4, -0.2) is 18.0 Å². The van der Waals surface area contributed by atoms with Gasteiger partial charge >= 0.3 is 6.03 Å². The van der Waals surface area contributed by atoms with Crippen LogP contribution in [0.15, 0.2) is 24.3 Å². The summed E-state index contributed by atoms with van der Waals surface area (Å²) >= 11 is 0. The number of hydrogen-bond acceptors (Lipinski definition) is 2. The molecule has 0 aliphatic heterocycles. The molecular formula is C21H31N3O2. The van der Waals surface area contributed by atoms with Crippen LogP contribution in [-0.2, 0) is 4.79 Å². The van der Waals surface area contributed by atoms with Gasteiger partial charge in [0.1, 0.15) is 0 Å². The van der Waals surface area contributed by atoms with Crippen LogP contribution in [0.1, 0.15) is 76.3 Å². The summed E-state index contributed by atoms with van der Waals surface area (Å²) in [6.07, 6.45) is 10.5. The Morgan fingerprint density at radius 2 is 1.54 bits per heavy atom. The van der Waals surface area contributed by atoms with Crippen molar-refractivity contribution in [2.45, 2.75) is 76.8 Å². The van der Waals surface area contributed by atoms with Crippen molar-refractivity contribution in [2.75, 3.05) is 5.32 Å². The molecule has 5 nitrogen and oxygen atoms in total. The van der Waals surface area contributed by atoms with E-state index in [1.807, 2.05) is 31.2 Å². The molecule has 3 rings (SSSR count). The molecule has 142 valence electrons. The summed E-state index contributed by atoms with van der Waals surface area (Å²) in [6, 6.07) is 7.86. The van der Waals surface area contributed by atoms with Crippen molar-refractivity contribution in [3.05, 3.63) is 29.8 Å². The second-order valence-electron chi connectivity index (χ2n) is 7.77. The molecule has 1 aromatic rings. The minimum Gasteiger partial charge on any atom is -0.335 e. The first-order valence-electron chi connectivity index (χ1n) is 10.1. The monoisotopic (exact) mass is 357 g/mol. The van der Waals surface area contributed by atoms with E-state index in [1.54, 1.807) is 0 Å². The van der Waals surface area contributed by atoms with Gasteiger partial charge in [0.15, 0.2) is 0 Å². The lowest BCUT2D eigenvalue weighted by Gasteiger charge is -2.23. The molecule has 0 bridgehead atoms. The van der Waals surface area contributed by atoms with Crippen LogP contribution in [0.25, 0.3) is 0 Å². The molecule has 0 radical (unpaired) electrons. The highest BCUT2D eigenvalue weighted by Crippen LogP contribution is 2.30. The Morgan fingerprint density at radius 1 is 0.923 bits per heavy atom. The molecule has 3 amide bonds. The quantitative estimate of drug-likeness (QED) is 0.726. The molecule has 5 heteroatoms. The van der Waals surface area contributed by atoms with Gasteiger partial charge in [0.25, 0.3) is 0 Å². The second-order valence-corrected chi connectivity index (χ2v) is 7.77. The van der Waals surface area contributed by atoms with Crippen LogP contribution in [0, 0.1) is 5.92 Å². The molecule has 0 heterocycles. The maximum Gasteiger partial charge on any atom is 0.315 e. The van der Waals surface area contributed by atoms with Gasteiger partial charge < -0.3 is 16.0 Å². The topological polar surface area (TPSA) is 70.2 Å². The molecule has 1 aromatic carbocycles.